The molecule has 1 aliphatic rings. The smallest absolute Gasteiger partial charge is 0.340 e. The zero-order valence-electron chi connectivity index (χ0n) is 13.7. The van der Waals surface area contributed by atoms with Gasteiger partial charge < -0.3 is 24.8 Å². The number of benzene rings is 1. The van der Waals surface area contributed by atoms with Crippen LogP contribution < -0.4 is 5.32 Å². The highest BCUT2D eigenvalue weighted by Gasteiger charge is 2.34. The van der Waals surface area contributed by atoms with Crippen molar-refractivity contribution in [3.05, 3.63) is 40.8 Å². The van der Waals surface area contributed by atoms with E-state index in [1.165, 1.54) is 24.1 Å². The summed E-state index contributed by atoms with van der Waals surface area (Å²) in [7, 11) is 2.30. The van der Waals surface area contributed by atoms with E-state index in [0.717, 1.165) is 13.2 Å². The third kappa shape index (κ3) is 3.77. The Morgan fingerprint density at radius 2 is 1.96 bits per heavy atom. The van der Waals surface area contributed by atoms with Crippen molar-refractivity contribution in [1.82, 2.24) is 4.90 Å². The number of β-amino-alcohol motifs (C(OH)–C–C–N with tert-alkyl or cyclic N) is 1. The Balaban J connectivity index is 2.37. The molecule has 0 saturated heterocycles. The fourth-order valence-corrected chi connectivity index (χ4v) is 2.36. The zero-order chi connectivity index (χ0) is 18.6. The van der Waals surface area contributed by atoms with Gasteiger partial charge >= 0.3 is 11.9 Å². The fourth-order valence-electron chi connectivity index (χ4n) is 2.36. The van der Waals surface area contributed by atoms with E-state index < -0.39 is 23.7 Å². The lowest BCUT2D eigenvalue weighted by Gasteiger charge is -2.15. The van der Waals surface area contributed by atoms with Crippen LogP contribution in [0.25, 0.3) is 0 Å². The Kier molecular flexibility index (Phi) is 5.71. The van der Waals surface area contributed by atoms with E-state index in [2.05, 4.69) is 14.8 Å². The average Bonchev–Trinajstić information content (AvgIpc) is 2.92. The highest BCUT2D eigenvalue weighted by Crippen LogP contribution is 2.24. The third-order valence-electron chi connectivity index (χ3n) is 3.59. The van der Waals surface area contributed by atoms with E-state index in [9.17, 15) is 18.8 Å². The maximum Gasteiger partial charge on any atom is 0.340 e. The minimum absolute atomic E-state index is 0.0283. The Morgan fingerprint density at radius 3 is 2.56 bits per heavy atom. The number of aliphatic hydroxyl groups is 1. The van der Waals surface area contributed by atoms with E-state index in [1.807, 2.05) is 0 Å². The van der Waals surface area contributed by atoms with Gasteiger partial charge in [-0.25, -0.2) is 14.0 Å². The van der Waals surface area contributed by atoms with E-state index >= 15 is 0 Å². The van der Waals surface area contributed by atoms with Crippen LogP contribution in [0.4, 0.5) is 10.1 Å². The highest BCUT2D eigenvalue weighted by molar-refractivity contribution is 6.08. The lowest BCUT2D eigenvalue weighted by Crippen LogP contribution is -2.31. The molecule has 0 fully saturated rings. The molecule has 0 atom stereocenters. The number of methoxy groups -OCH3 is 2. The van der Waals surface area contributed by atoms with Crippen LogP contribution in [-0.2, 0) is 19.1 Å². The molecular formula is C16H17FN2O6. The van der Waals surface area contributed by atoms with Gasteiger partial charge in [0.2, 0.25) is 0 Å². The quantitative estimate of drug-likeness (QED) is 0.709. The zero-order valence-corrected chi connectivity index (χ0v) is 13.7. The van der Waals surface area contributed by atoms with Crippen molar-refractivity contribution in [2.75, 3.05) is 39.2 Å². The first-order valence-corrected chi connectivity index (χ1v) is 7.29. The molecule has 2 rings (SSSR count). The number of ether oxygens (including phenoxy) is 2. The van der Waals surface area contributed by atoms with E-state index in [0.29, 0.717) is 0 Å². The Labute approximate surface area is 142 Å². The van der Waals surface area contributed by atoms with Gasteiger partial charge in [-0.2, -0.15) is 0 Å². The van der Waals surface area contributed by atoms with Crippen LogP contribution in [0.5, 0.6) is 0 Å². The summed E-state index contributed by atoms with van der Waals surface area (Å²) in [6.07, 6.45) is 0. The molecule has 2 N–H and O–H groups in total. The van der Waals surface area contributed by atoms with E-state index in [4.69, 9.17) is 5.11 Å². The number of nitrogens with zero attached hydrogens (tertiary/aromatic N) is 1. The van der Waals surface area contributed by atoms with Gasteiger partial charge in [0, 0.05) is 12.2 Å². The minimum Gasteiger partial charge on any atom is -0.466 e. The second-order valence-corrected chi connectivity index (χ2v) is 5.11. The summed E-state index contributed by atoms with van der Waals surface area (Å²) < 4.78 is 22.9. The Hall–Kier alpha value is -2.94. The van der Waals surface area contributed by atoms with Crippen LogP contribution in [0.2, 0.25) is 0 Å². The molecule has 0 unspecified atom stereocenters. The summed E-state index contributed by atoms with van der Waals surface area (Å²) in [4.78, 5) is 37.1. The van der Waals surface area contributed by atoms with Crippen molar-refractivity contribution in [1.29, 1.82) is 0 Å². The van der Waals surface area contributed by atoms with E-state index in [-0.39, 0.29) is 42.2 Å². The monoisotopic (exact) mass is 352 g/mol. The molecule has 1 aromatic carbocycles. The van der Waals surface area contributed by atoms with Crippen molar-refractivity contribution in [3.8, 4) is 0 Å². The molecule has 0 spiro atoms. The largest absolute Gasteiger partial charge is 0.466 e. The Morgan fingerprint density at radius 1 is 1.28 bits per heavy atom. The second kappa shape index (κ2) is 7.75. The van der Waals surface area contributed by atoms with Gasteiger partial charge in [0.05, 0.1) is 38.5 Å². The van der Waals surface area contributed by atoms with Crippen molar-refractivity contribution in [3.63, 3.8) is 0 Å². The number of hydrogen-bond acceptors (Lipinski definition) is 7. The fraction of sp³-hybridized carbons (Fsp3) is 0.312. The van der Waals surface area contributed by atoms with Crippen LogP contribution in [0.1, 0.15) is 10.4 Å². The lowest BCUT2D eigenvalue weighted by atomic mass is 10.1. The summed E-state index contributed by atoms with van der Waals surface area (Å²) in [6.45, 7) is -0.253. The Bertz CT molecular complexity index is 746. The van der Waals surface area contributed by atoms with Crippen LogP contribution in [0, 0.1) is 5.82 Å². The highest BCUT2D eigenvalue weighted by atomic mass is 19.1. The van der Waals surface area contributed by atoms with Crippen LogP contribution >= 0.6 is 0 Å². The predicted octanol–water partition coefficient (Wildman–Crippen LogP) is 0.286. The maximum absolute atomic E-state index is 13.7. The molecule has 25 heavy (non-hydrogen) atoms. The number of hydrogen-bond donors (Lipinski definition) is 2. The number of carbonyl (C=O) groups is 3. The number of amides is 1. The molecule has 0 aromatic heterocycles. The van der Waals surface area contributed by atoms with Crippen molar-refractivity contribution in [2.45, 2.75) is 0 Å². The number of carbonyl (C=O) groups excluding carboxylic acids is 3. The summed E-state index contributed by atoms with van der Waals surface area (Å²) >= 11 is 0. The number of aliphatic hydroxyl groups excluding tert-OH is 1. The molecule has 0 bridgehead atoms. The normalized spacial score (nSPS) is 13.9. The number of halogens is 1. The molecule has 134 valence electrons. The summed E-state index contributed by atoms with van der Waals surface area (Å²) in [5.74, 6) is -2.87. The maximum atomic E-state index is 13.7. The first-order chi connectivity index (χ1) is 11.9. The van der Waals surface area contributed by atoms with Gasteiger partial charge in [-0.05, 0) is 18.2 Å². The van der Waals surface area contributed by atoms with Gasteiger partial charge in [0.25, 0.3) is 5.91 Å². The van der Waals surface area contributed by atoms with Gasteiger partial charge in [-0.1, -0.05) is 0 Å². The molecule has 0 aliphatic carbocycles. The van der Waals surface area contributed by atoms with Crippen LogP contribution in [0.15, 0.2) is 29.5 Å². The number of anilines is 1. The van der Waals surface area contributed by atoms with Crippen molar-refractivity contribution >= 4 is 23.5 Å². The summed E-state index contributed by atoms with van der Waals surface area (Å²) in [5, 5.41) is 11.7. The SMILES string of the molecule is COC(=O)C1=C(Nc2ccc(F)c(C(=O)OC)c2)C(=O)N(CCO)C1. The summed E-state index contributed by atoms with van der Waals surface area (Å²) in [6, 6.07) is 3.52. The third-order valence-corrected chi connectivity index (χ3v) is 3.59. The van der Waals surface area contributed by atoms with Crippen molar-refractivity contribution < 1.29 is 33.4 Å². The van der Waals surface area contributed by atoms with Gasteiger partial charge in [0.15, 0.2) is 0 Å². The van der Waals surface area contributed by atoms with Gasteiger partial charge in [-0.15, -0.1) is 0 Å². The minimum atomic E-state index is -0.872. The first kappa shape index (κ1) is 18.4. The standard InChI is InChI=1S/C16H17FN2O6/c1-24-15(22)10-7-9(3-4-12(10)17)18-13-11(16(23)25-2)8-19(5-6-20)14(13)21/h3-4,7,18,20H,5-6,8H2,1-2H3. The average molecular weight is 352 g/mol. The van der Waals surface area contributed by atoms with E-state index in [1.54, 1.807) is 0 Å². The van der Waals surface area contributed by atoms with Gasteiger partial charge in [-0.3, -0.25) is 4.79 Å². The predicted molar refractivity (Wildman–Crippen MR) is 84.1 cm³/mol. The topological polar surface area (TPSA) is 105 Å². The van der Waals surface area contributed by atoms with Gasteiger partial charge in [0.1, 0.15) is 11.5 Å². The molecule has 0 radical (unpaired) electrons. The van der Waals surface area contributed by atoms with Crippen LogP contribution in [0.3, 0.4) is 0 Å². The number of rotatable bonds is 6. The number of nitrogens with one attached hydrogen (secondary N) is 1. The molecule has 0 saturated carbocycles. The molecule has 8 nitrogen and oxygen atoms in total. The first-order valence-electron chi connectivity index (χ1n) is 7.29. The molecule has 1 aromatic rings. The van der Waals surface area contributed by atoms with Crippen molar-refractivity contribution in [2.24, 2.45) is 0 Å². The molecule has 1 aliphatic heterocycles. The lowest BCUT2D eigenvalue weighted by molar-refractivity contribution is -0.136. The molecule has 1 heterocycles. The number of esters is 2. The van der Waals surface area contributed by atoms with Crippen LogP contribution in [-0.4, -0.2) is 61.8 Å². The summed E-state index contributed by atoms with van der Waals surface area (Å²) in [5.41, 5.74) is -0.0737. The molecule has 9 heteroatoms. The second-order valence-electron chi connectivity index (χ2n) is 5.11. The molecule has 1 amide bonds. The molecular weight excluding hydrogens is 335 g/mol.